The average molecular weight is 203 g/mol. The molecule has 3 heterocycles. The minimum absolute atomic E-state index is 0.568. The first kappa shape index (κ1) is 8.79. The van der Waals surface area contributed by atoms with Crippen molar-refractivity contribution in [3.8, 4) is 0 Å². The molecule has 2 N–H and O–H groups in total. The first-order chi connectivity index (χ1) is 7.42. The van der Waals surface area contributed by atoms with Gasteiger partial charge < -0.3 is 10.3 Å². The second-order valence-corrected chi connectivity index (χ2v) is 3.94. The summed E-state index contributed by atoms with van der Waals surface area (Å²) in [6, 6.07) is 0.568. The Hall–Kier alpha value is -1.49. The average Bonchev–Trinajstić information content (AvgIpc) is 2.86. The molecule has 1 saturated heterocycles. The van der Waals surface area contributed by atoms with E-state index in [2.05, 4.69) is 25.3 Å². The van der Waals surface area contributed by atoms with Crippen LogP contribution in [0.4, 0.5) is 0 Å². The maximum atomic E-state index is 4.43. The Labute approximate surface area is 87.3 Å². The van der Waals surface area contributed by atoms with E-state index in [1.165, 1.54) is 19.2 Å². The standard InChI is InChI=1S/C10H13N5/c1-2-7(12-3-1)4-9-14-8-5-11-6-13-10(8)15-9/h5-7,12H,1-4H2,(H,11,13,14,15)/t7-/m0/s1. The van der Waals surface area contributed by atoms with Crippen molar-refractivity contribution < 1.29 is 0 Å². The lowest BCUT2D eigenvalue weighted by atomic mass is 10.1. The second kappa shape index (κ2) is 3.58. The van der Waals surface area contributed by atoms with Gasteiger partial charge in [-0.1, -0.05) is 0 Å². The topological polar surface area (TPSA) is 66.5 Å². The van der Waals surface area contributed by atoms with Crippen LogP contribution in [0.1, 0.15) is 18.7 Å². The molecule has 0 amide bonds. The molecule has 0 unspecified atom stereocenters. The van der Waals surface area contributed by atoms with Gasteiger partial charge in [0.2, 0.25) is 0 Å². The van der Waals surface area contributed by atoms with E-state index in [1.54, 1.807) is 6.20 Å². The fourth-order valence-corrected chi connectivity index (χ4v) is 2.07. The summed E-state index contributed by atoms with van der Waals surface area (Å²) in [4.78, 5) is 15.7. The molecule has 1 fully saturated rings. The molecule has 3 rings (SSSR count). The Morgan fingerprint density at radius 2 is 2.47 bits per heavy atom. The second-order valence-electron chi connectivity index (χ2n) is 3.94. The van der Waals surface area contributed by atoms with Crippen molar-refractivity contribution >= 4 is 11.2 Å². The number of imidazole rings is 1. The van der Waals surface area contributed by atoms with Crippen LogP contribution in [-0.4, -0.2) is 32.5 Å². The molecule has 0 spiro atoms. The number of nitrogens with zero attached hydrogens (tertiary/aromatic N) is 3. The van der Waals surface area contributed by atoms with E-state index in [0.29, 0.717) is 6.04 Å². The third kappa shape index (κ3) is 1.70. The molecule has 0 saturated carbocycles. The highest BCUT2D eigenvalue weighted by Gasteiger charge is 2.16. The van der Waals surface area contributed by atoms with Crippen molar-refractivity contribution in [2.24, 2.45) is 0 Å². The van der Waals surface area contributed by atoms with Crippen molar-refractivity contribution in [2.75, 3.05) is 6.54 Å². The summed E-state index contributed by atoms with van der Waals surface area (Å²) in [5, 5.41) is 3.45. The van der Waals surface area contributed by atoms with Gasteiger partial charge in [0.25, 0.3) is 0 Å². The third-order valence-electron chi connectivity index (χ3n) is 2.81. The van der Waals surface area contributed by atoms with Gasteiger partial charge in [-0.3, -0.25) is 0 Å². The van der Waals surface area contributed by atoms with Crippen LogP contribution in [0.5, 0.6) is 0 Å². The molecule has 5 heteroatoms. The lowest BCUT2D eigenvalue weighted by molar-refractivity contribution is 0.589. The van der Waals surface area contributed by atoms with E-state index in [9.17, 15) is 0 Å². The number of aromatic nitrogens is 4. The van der Waals surface area contributed by atoms with Gasteiger partial charge in [0.15, 0.2) is 5.65 Å². The Kier molecular flexibility index (Phi) is 2.10. The van der Waals surface area contributed by atoms with Gasteiger partial charge in [-0.25, -0.2) is 15.0 Å². The summed E-state index contributed by atoms with van der Waals surface area (Å²) in [7, 11) is 0. The van der Waals surface area contributed by atoms with Crippen molar-refractivity contribution in [1.29, 1.82) is 0 Å². The molecule has 1 aliphatic rings. The van der Waals surface area contributed by atoms with Crippen molar-refractivity contribution in [2.45, 2.75) is 25.3 Å². The lowest BCUT2D eigenvalue weighted by Gasteiger charge is -2.06. The van der Waals surface area contributed by atoms with E-state index >= 15 is 0 Å². The predicted octanol–water partition coefficient (Wildman–Crippen LogP) is 0.647. The molecule has 2 aromatic heterocycles. The molecular formula is C10H13N5. The third-order valence-corrected chi connectivity index (χ3v) is 2.81. The van der Waals surface area contributed by atoms with Crippen LogP contribution >= 0.6 is 0 Å². The van der Waals surface area contributed by atoms with Crippen molar-refractivity contribution in [3.05, 3.63) is 18.3 Å². The van der Waals surface area contributed by atoms with E-state index in [4.69, 9.17) is 0 Å². The zero-order chi connectivity index (χ0) is 10.1. The highest BCUT2D eigenvalue weighted by atomic mass is 15.0. The smallest absolute Gasteiger partial charge is 0.180 e. The quantitative estimate of drug-likeness (QED) is 0.752. The maximum absolute atomic E-state index is 4.43. The Balaban J connectivity index is 1.84. The molecule has 0 aliphatic carbocycles. The van der Waals surface area contributed by atoms with E-state index < -0.39 is 0 Å². The monoisotopic (exact) mass is 203 g/mol. The maximum Gasteiger partial charge on any atom is 0.180 e. The minimum atomic E-state index is 0.568. The van der Waals surface area contributed by atoms with Crippen molar-refractivity contribution in [1.82, 2.24) is 25.3 Å². The van der Waals surface area contributed by atoms with Crippen molar-refractivity contribution in [3.63, 3.8) is 0 Å². The zero-order valence-electron chi connectivity index (χ0n) is 8.40. The molecule has 15 heavy (non-hydrogen) atoms. The summed E-state index contributed by atoms with van der Waals surface area (Å²) >= 11 is 0. The Bertz CT molecular complexity index is 425. The van der Waals surface area contributed by atoms with Gasteiger partial charge in [0.05, 0.1) is 6.20 Å². The van der Waals surface area contributed by atoms with Crippen LogP contribution in [0.3, 0.4) is 0 Å². The van der Waals surface area contributed by atoms with Gasteiger partial charge in [-0.2, -0.15) is 0 Å². The first-order valence-corrected chi connectivity index (χ1v) is 5.30. The molecule has 1 atom stereocenters. The molecule has 0 aromatic carbocycles. The van der Waals surface area contributed by atoms with Gasteiger partial charge in [-0.15, -0.1) is 0 Å². The first-order valence-electron chi connectivity index (χ1n) is 5.30. The number of hydrogen-bond donors (Lipinski definition) is 2. The summed E-state index contributed by atoms with van der Waals surface area (Å²) < 4.78 is 0. The fraction of sp³-hybridized carbons (Fsp3) is 0.500. The van der Waals surface area contributed by atoms with Crippen LogP contribution in [0.25, 0.3) is 11.2 Å². The number of H-pyrrole nitrogens is 1. The minimum Gasteiger partial charge on any atom is -0.339 e. The zero-order valence-corrected chi connectivity index (χ0v) is 8.40. The van der Waals surface area contributed by atoms with E-state index in [0.717, 1.165) is 30.0 Å². The van der Waals surface area contributed by atoms with E-state index in [-0.39, 0.29) is 0 Å². The van der Waals surface area contributed by atoms with Gasteiger partial charge in [0, 0.05) is 12.5 Å². The van der Waals surface area contributed by atoms with Gasteiger partial charge >= 0.3 is 0 Å². The molecule has 1 aliphatic heterocycles. The molecule has 0 bridgehead atoms. The number of hydrogen-bond acceptors (Lipinski definition) is 4. The van der Waals surface area contributed by atoms with Gasteiger partial charge in [0.1, 0.15) is 17.7 Å². The summed E-state index contributed by atoms with van der Waals surface area (Å²) in [6.07, 6.45) is 6.76. The highest BCUT2D eigenvalue weighted by molar-refractivity contribution is 5.68. The Morgan fingerprint density at radius 1 is 1.47 bits per heavy atom. The fourth-order valence-electron chi connectivity index (χ4n) is 2.07. The molecule has 5 nitrogen and oxygen atoms in total. The highest BCUT2D eigenvalue weighted by Crippen LogP contribution is 2.12. The molecule has 0 radical (unpaired) electrons. The number of aromatic amines is 1. The molecular weight excluding hydrogens is 190 g/mol. The van der Waals surface area contributed by atoms with Crippen LogP contribution in [0.15, 0.2) is 12.5 Å². The predicted molar refractivity (Wildman–Crippen MR) is 56.4 cm³/mol. The van der Waals surface area contributed by atoms with Crippen LogP contribution in [0.2, 0.25) is 0 Å². The van der Waals surface area contributed by atoms with Crippen LogP contribution in [-0.2, 0) is 6.42 Å². The normalized spacial score (nSPS) is 21.2. The van der Waals surface area contributed by atoms with Crippen LogP contribution < -0.4 is 5.32 Å². The number of nitrogens with one attached hydrogen (secondary N) is 2. The van der Waals surface area contributed by atoms with E-state index in [1.807, 2.05) is 0 Å². The van der Waals surface area contributed by atoms with Gasteiger partial charge in [-0.05, 0) is 19.4 Å². The Morgan fingerprint density at radius 3 is 3.27 bits per heavy atom. The van der Waals surface area contributed by atoms with Crippen LogP contribution in [0, 0.1) is 0 Å². The number of fused-ring (bicyclic) bond motifs is 1. The molecule has 2 aromatic rings. The SMILES string of the molecule is c1ncc2[nH]c(C[C@@H]3CCCN3)nc2n1. The molecule has 78 valence electrons. The summed E-state index contributed by atoms with van der Waals surface area (Å²) in [6.45, 7) is 1.13. The summed E-state index contributed by atoms with van der Waals surface area (Å²) in [5.74, 6) is 1.00. The lowest BCUT2D eigenvalue weighted by Crippen LogP contribution is -2.24. The summed E-state index contributed by atoms with van der Waals surface area (Å²) in [5.41, 5.74) is 1.68. The number of rotatable bonds is 2. The largest absolute Gasteiger partial charge is 0.339 e.